The van der Waals surface area contributed by atoms with E-state index in [0.29, 0.717) is 19.6 Å². The zero-order valence-electron chi connectivity index (χ0n) is 11.4. The van der Waals surface area contributed by atoms with Gasteiger partial charge in [-0.25, -0.2) is 4.79 Å². The van der Waals surface area contributed by atoms with Gasteiger partial charge in [-0.15, -0.1) is 0 Å². The molecular formula is C16H15NO4. The molecule has 5 nitrogen and oxygen atoms in total. The van der Waals surface area contributed by atoms with E-state index >= 15 is 0 Å². The fourth-order valence-electron chi connectivity index (χ4n) is 2.57. The van der Waals surface area contributed by atoms with E-state index in [1.54, 1.807) is 0 Å². The van der Waals surface area contributed by atoms with E-state index in [4.69, 9.17) is 9.84 Å². The number of aromatic carboxylic acids is 1. The summed E-state index contributed by atoms with van der Waals surface area (Å²) in [5, 5.41) is 9.14. The van der Waals surface area contributed by atoms with E-state index in [1.165, 1.54) is 28.3 Å². The van der Waals surface area contributed by atoms with Crippen LogP contribution in [0.2, 0.25) is 0 Å². The van der Waals surface area contributed by atoms with Crippen LogP contribution >= 0.6 is 0 Å². The minimum absolute atomic E-state index is 0.0204. The summed E-state index contributed by atoms with van der Waals surface area (Å²) in [6.07, 6.45) is 1.51. The molecule has 0 saturated carbocycles. The molecule has 0 amide bonds. The summed E-state index contributed by atoms with van der Waals surface area (Å²) in [5.41, 5.74) is 1.98. The van der Waals surface area contributed by atoms with Crippen molar-refractivity contribution < 1.29 is 14.6 Å². The molecule has 5 heteroatoms. The summed E-state index contributed by atoms with van der Waals surface area (Å²) in [7, 11) is 0. The van der Waals surface area contributed by atoms with Crippen molar-refractivity contribution in [1.29, 1.82) is 0 Å². The highest BCUT2D eigenvalue weighted by atomic mass is 16.5. The summed E-state index contributed by atoms with van der Waals surface area (Å²) < 4.78 is 6.75. The first-order valence-corrected chi connectivity index (χ1v) is 6.83. The van der Waals surface area contributed by atoms with Gasteiger partial charge >= 0.3 is 5.97 Å². The molecule has 1 aromatic carbocycles. The molecule has 3 rings (SSSR count). The number of aromatic nitrogens is 1. The Morgan fingerprint density at radius 3 is 2.95 bits per heavy atom. The SMILES string of the molecule is O=C(O)c1cccc(=O)n1CCc1ccc2c(c1)CCO2. The zero-order valence-corrected chi connectivity index (χ0v) is 11.4. The topological polar surface area (TPSA) is 68.5 Å². The van der Waals surface area contributed by atoms with Gasteiger partial charge in [0.1, 0.15) is 11.4 Å². The minimum Gasteiger partial charge on any atom is -0.493 e. The van der Waals surface area contributed by atoms with E-state index in [1.807, 2.05) is 12.1 Å². The second kappa shape index (κ2) is 5.44. The Morgan fingerprint density at radius 1 is 1.29 bits per heavy atom. The number of rotatable bonds is 4. The number of carboxylic acid groups (broad SMARTS) is 1. The maximum Gasteiger partial charge on any atom is 0.352 e. The number of fused-ring (bicyclic) bond motifs is 1. The van der Waals surface area contributed by atoms with Crippen LogP contribution in [0, 0.1) is 0 Å². The van der Waals surface area contributed by atoms with Gasteiger partial charge in [0.25, 0.3) is 5.56 Å². The van der Waals surface area contributed by atoms with Gasteiger partial charge in [-0.05, 0) is 29.7 Å². The van der Waals surface area contributed by atoms with Crippen molar-refractivity contribution in [3.05, 3.63) is 63.6 Å². The zero-order chi connectivity index (χ0) is 14.8. The lowest BCUT2D eigenvalue weighted by atomic mass is 10.1. The third-order valence-corrected chi connectivity index (χ3v) is 3.65. The summed E-state index contributed by atoms with van der Waals surface area (Å²) in [5.74, 6) is -0.170. The molecule has 0 spiro atoms. The van der Waals surface area contributed by atoms with Crippen LogP contribution in [0.15, 0.2) is 41.2 Å². The fraction of sp³-hybridized carbons (Fsp3) is 0.250. The summed E-state index contributed by atoms with van der Waals surface area (Å²) >= 11 is 0. The Balaban J connectivity index is 1.82. The lowest BCUT2D eigenvalue weighted by molar-refractivity contribution is 0.0683. The molecule has 0 atom stereocenters. The van der Waals surface area contributed by atoms with Gasteiger partial charge in [0, 0.05) is 19.0 Å². The highest BCUT2D eigenvalue weighted by Gasteiger charge is 2.13. The quantitative estimate of drug-likeness (QED) is 0.928. The number of hydrogen-bond donors (Lipinski definition) is 1. The number of carboxylic acids is 1. The van der Waals surface area contributed by atoms with E-state index in [0.717, 1.165) is 17.7 Å². The first-order chi connectivity index (χ1) is 10.1. The number of benzene rings is 1. The number of nitrogens with zero attached hydrogens (tertiary/aromatic N) is 1. The second-order valence-corrected chi connectivity index (χ2v) is 5.00. The number of aryl methyl sites for hydroxylation is 1. The molecule has 0 radical (unpaired) electrons. The van der Waals surface area contributed by atoms with Crippen molar-refractivity contribution in [2.75, 3.05) is 6.61 Å². The molecular weight excluding hydrogens is 270 g/mol. The summed E-state index contributed by atoms with van der Waals surface area (Å²) in [6, 6.07) is 10.2. The maximum atomic E-state index is 11.8. The Bertz CT molecular complexity index is 748. The predicted molar refractivity (Wildman–Crippen MR) is 77.0 cm³/mol. The van der Waals surface area contributed by atoms with Crippen molar-refractivity contribution in [2.45, 2.75) is 19.4 Å². The number of pyridine rings is 1. The number of carbonyl (C=O) groups is 1. The molecule has 1 N–H and O–H groups in total. The largest absolute Gasteiger partial charge is 0.493 e. The maximum absolute atomic E-state index is 11.8. The lowest BCUT2D eigenvalue weighted by Crippen LogP contribution is -2.25. The van der Waals surface area contributed by atoms with Crippen LogP contribution < -0.4 is 10.3 Å². The Kier molecular flexibility index (Phi) is 3.48. The van der Waals surface area contributed by atoms with E-state index < -0.39 is 5.97 Å². The van der Waals surface area contributed by atoms with Gasteiger partial charge in [-0.2, -0.15) is 0 Å². The van der Waals surface area contributed by atoms with Crippen molar-refractivity contribution >= 4 is 5.97 Å². The molecule has 0 saturated heterocycles. The van der Waals surface area contributed by atoms with Crippen LogP contribution in [-0.2, 0) is 19.4 Å². The average Bonchev–Trinajstić information content (AvgIpc) is 2.93. The van der Waals surface area contributed by atoms with Crippen LogP contribution in [0.5, 0.6) is 5.75 Å². The normalized spacial score (nSPS) is 12.8. The first kappa shape index (κ1) is 13.4. The predicted octanol–water partition coefficient (Wildman–Crippen LogP) is 1.72. The molecule has 0 aliphatic carbocycles. The number of ether oxygens (including phenoxy) is 1. The Hall–Kier alpha value is -2.56. The van der Waals surface area contributed by atoms with Gasteiger partial charge in [0.05, 0.1) is 6.61 Å². The van der Waals surface area contributed by atoms with Crippen molar-refractivity contribution in [3.63, 3.8) is 0 Å². The standard InChI is InChI=1S/C16H15NO4/c18-15-3-1-2-13(16(19)20)17(15)8-6-11-4-5-14-12(10-11)7-9-21-14/h1-5,10H,6-9H2,(H,19,20). The Labute approximate surface area is 121 Å². The van der Waals surface area contributed by atoms with Gasteiger partial charge in [-0.3, -0.25) is 4.79 Å². The minimum atomic E-state index is -1.09. The summed E-state index contributed by atoms with van der Waals surface area (Å²) in [6.45, 7) is 1.06. The average molecular weight is 285 g/mol. The van der Waals surface area contributed by atoms with Crippen molar-refractivity contribution in [2.24, 2.45) is 0 Å². The highest BCUT2D eigenvalue weighted by molar-refractivity contribution is 5.85. The van der Waals surface area contributed by atoms with Crippen LogP contribution in [0.3, 0.4) is 0 Å². The van der Waals surface area contributed by atoms with E-state index in [2.05, 4.69) is 6.07 Å². The molecule has 0 bridgehead atoms. The van der Waals surface area contributed by atoms with E-state index in [9.17, 15) is 9.59 Å². The van der Waals surface area contributed by atoms with Gasteiger partial charge in [-0.1, -0.05) is 18.2 Å². The molecule has 0 unspecified atom stereocenters. The molecule has 21 heavy (non-hydrogen) atoms. The highest BCUT2D eigenvalue weighted by Crippen LogP contribution is 2.26. The van der Waals surface area contributed by atoms with Crippen molar-refractivity contribution in [3.8, 4) is 5.75 Å². The molecule has 1 aliphatic rings. The molecule has 1 aliphatic heterocycles. The molecule has 108 valence electrons. The van der Waals surface area contributed by atoms with Crippen LogP contribution in [0.4, 0.5) is 0 Å². The summed E-state index contributed by atoms with van der Waals surface area (Å²) in [4.78, 5) is 23.0. The third kappa shape index (κ3) is 2.67. The first-order valence-electron chi connectivity index (χ1n) is 6.83. The van der Waals surface area contributed by atoms with Gasteiger partial charge in [0.2, 0.25) is 0 Å². The van der Waals surface area contributed by atoms with Crippen molar-refractivity contribution in [1.82, 2.24) is 4.57 Å². The second-order valence-electron chi connectivity index (χ2n) is 5.00. The number of hydrogen-bond acceptors (Lipinski definition) is 3. The van der Waals surface area contributed by atoms with Crippen LogP contribution in [0.1, 0.15) is 21.6 Å². The van der Waals surface area contributed by atoms with Gasteiger partial charge < -0.3 is 14.4 Å². The molecule has 0 fully saturated rings. The molecule has 1 aromatic heterocycles. The van der Waals surface area contributed by atoms with E-state index in [-0.39, 0.29) is 11.3 Å². The smallest absolute Gasteiger partial charge is 0.352 e. The fourth-order valence-corrected chi connectivity index (χ4v) is 2.57. The monoisotopic (exact) mass is 285 g/mol. The lowest BCUT2D eigenvalue weighted by Gasteiger charge is -2.10. The molecule has 2 heterocycles. The third-order valence-electron chi connectivity index (χ3n) is 3.65. The van der Waals surface area contributed by atoms with Crippen LogP contribution in [-0.4, -0.2) is 22.2 Å². The van der Waals surface area contributed by atoms with Gasteiger partial charge in [0.15, 0.2) is 0 Å². The van der Waals surface area contributed by atoms with Crippen LogP contribution in [0.25, 0.3) is 0 Å². The Morgan fingerprint density at radius 2 is 2.14 bits per heavy atom. The molecule has 2 aromatic rings.